The number of anilines is 4. The SMILES string of the molecule is CC(=O)Nc1cccc(CN(Cc2cccc(NC(C)=O)n2)Cc2cccc(CN(Cc3cccc(NC(C)=O)n3)Cc3cccc(NC(C)=O)n3)c2O)n1. The highest BCUT2D eigenvalue weighted by molar-refractivity contribution is 5.88. The highest BCUT2D eigenvalue weighted by atomic mass is 16.3. The molecule has 5 N–H and O–H groups in total. The number of phenols is 1. The van der Waals surface area contributed by atoms with E-state index in [0.29, 0.717) is 96.4 Å². The van der Waals surface area contributed by atoms with Crippen LogP contribution in [0, 0.1) is 0 Å². The summed E-state index contributed by atoms with van der Waals surface area (Å²) in [6, 6.07) is 27.2. The number of rotatable bonds is 16. The Morgan fingerprint density at radius 2 is 0.691 bits per heavy atom. The Labute approximate surface area is 319 Å². The zero-order chi connectivity index (χ0) is 39.3. The van der Waals surface area contributed by atoms with E-state index in [4.69, 9.17) is 0 Å². The van der Waals surface area contributed by atoms with Gasteiger partial charge in [-0.15, -0.1) is 0 Å². The Hall–Kier alpha value is -6.58. The van der Waals surface area contributed by atoms with Crippen LogP contribution in [0.3, 0.4) is 0 Å². The minimum atomic E-state index is -0.233. The smallest absolute Gasteiger partial charge is 0.222 e. The van der Waals surface area contributed by atoms with Crippen LogP contribution in [0.1, 0.15) is 61.6 Å². The first kappa shape index (κ1) is 39.6. The number of amides is 4. The van der Waals surface area contributed by atoms with Gasteiger partial charge in [0.1, 0.15) is 29.0 Å². The molecular formula is C40H44N10O5. The van der Waals surface area contributed by atoms with Crippen LogP contribution in [0.4, 0.5) is 23.3 Å². The second kappa shape index (κ2) is 19.0. The maximum Gasteiger partial charge on any atom is 0.222 e. The molecule has 0 radical (unpaired) electrons. The van der Waals surface area contributed by atoms with Crippen LogP contribution >= 0.6 is 0 Å². The van der Waals surface area contributed by atoms with Crippen molar-refractivity contribution in [3.05, 3.63) is 125 Å². The fourth-order valence-electron chi connectivity index (χ4n) is 5.90. The minimum absolute atomic E-state index is 0.109. The molecule has 0 aliphatic carbocycles. The van der Waals surface area contributed by atoms with E-state index in [9.17, 15) is 24.3 Å². The van der Waals surface area contributed by atoms with E-state index >= 15 is 0 Å². The number of para-hydroxylation sites is 1. The first-order chi connectivity index (χ1) is 26.4. The van der Waals surface area contributed by atoms with Crippen molar-refractivity contribution in [2.24, 2.45) is 0 Å². The summed E-state index contributed by atoms with van der Waals surface area (Å²) in [5.74, 6) is 0.881. The number of nitrogens with zero attached hydrogens (tertiary/aromatic N) is 6. The van der Waals surface area contributed by atoms with E-state index in [1.807, 2.05) is 66.7 Å². The van der Waals surface area contributed by atoms with Crippen molar-refractivity contribution in [3.8, 4) is 5.75 Å². The Morgan fingerprint density at radius 1 is 0.436 bits per heavy atom. The van der Waals surface area contributed by atoms with Crippen molar-refractivity contribution in [1.82, 2.24) is 29.7 Å². The highest BCUT2D eigenvalue weighted by Crippen LogP contribution is 2.28. The lowest BCUT2D eigenvalue weighted by Gasteiger charge is -2.25. The van der Waals surface area contributed by atoms with Crippen LogP contribution in [-0.4, -0.2) is 58.5 Å². The van der Waals surface area contributed by atoms with E-state index in [1.54, 1.807) is 24.3 Å². The predicted molar refractivity (Wildman–Crippen MR) is 208 cm³/mol. The number of aromatic hydroxyl groups is 1. The molecule has 0 saturated carbocycles. The Bertz CT molecular complexity index is 1890. The van der Waals surface area contributed by atoms with Crippen LogP contribution in [0.15, 0.2) is 91.0 Å². The summed E-state index contributed by atoms with van der Waals surface area (Å²) in [7, 11) is 0. The third-order valence-electron chi connectivity index (χ3n) is 7.98. The standard InChI is InChI=1S/C40H44N10O5/c1-26(51)41-36-16-6-12-32(45-36)22-49(23-33-13-7-17-37(46-33)42-27(2)52)20-30-10-5-11-31(40(30)55)21-50(24-34-14-8-18-38(47-34)43-28(3)53)25-35-15-9-19-39(48-35)44-29(4)54/h5-19,55H,20-25H2,1-4H3,(H,41,45,51)(H,42,46,52)(H,43,47,53)(H,44,48,54). The number of phenolic OH excluding ortho intramolecular Hbond substituents is 1. The van der Waals surface area contributed by atoms with Gasteiger partial charge in [-0.1, -0.05) is 42.5 Å². The molecular weight excluding hydrogens is 701 g/mol. The van der Waals surface area contributed by atoms with Crippen LogP contribution < -0.4 is 21.3 Å². The van der Waals surface area contributed by atoms with Gasteiger partial charge in [-0.3, -0.25) is 29.0 Å². The van der Waals surface area contributed by atoms with Crippen LogP contribution in [0.2, 0.25) is 0 Å². The molecule has 0 aliphatic heterocycles. The number of benzene rings is 1. The molecule has 15 heteroatoms. The summed E-state index contributed by atoms with van der Waals surface area (Å²) < 4.78 is 0. The highest BCUT2D eigenvalue weighted by Gasteiger charge is 2.18. The lowest BCUT2D eigenvalue weighted by molar-refractivity contribution is -0.115. The Morgan fingerprint density at radius 3 is 0.945 bits per heavy atom. The lowest BCUT2D eigenvalue weighted by Crippen LogP contribution is -2.25. The average Bonchev–Trinajstić information content (AvgIpc) is 3.09. The molecule has 0 unspecified atom stereocenters. The van der Waals surface area contributed by atoms with Crippen LogP contribution in [-0.2, 0) is 58.4 Å². The topological polar surface area (TPSA) is 195 Å². The summed E-state index contributed by atoms with van der Waals surface area (Å²) in [6.07, 6.45) is 0. The van der Waals surface area contributed by atoms with E-state index < -0.39 is 0 Å². The fourth-order valence-corrected chi connectivity index (χ4v) is 5.90. The first-order valence-corrected chi connectivity index (χ1v) is 17.6. The second-order valence-electron chi connectivity index (χ2n) is 13.0. The van der Waals surface area contributed by atoms with Crippen molar-refractivity contribution >= 4 is 46.9 Å². The molecule has 0 fully saturated rings. The van der Waals surface area contributed by atoms with Gasteiger partial charge in [0, 0.05) is 78.1 Å². The summed E-state index contributed by atoms with van der Waals surface area (Å²) in [4.78, 5) is 69.5. The molecule has 284 valence electrons. The van der Waals surface area contributed by atoms with Gasteiger partial charge in [0.05, 0.1) is 22.8 Å². The third-order valence-corrected chi connectivity index (χ3v) is 7.98. The Balaban J connectivity index is 1.44. The molecule has 5 rings (SSSR count). The second-order valence-corrected chi connectivity index (χ2v) is 13.0. The molecule has 0 atom stereocenters. The largest absolute Gasteiger partial charge is 0.507 e. The van der Waals surface area contributed by atoms with Crippen molar-refractivity contribution in [3.63, 3.8) is 0 Å². The van der Waals surface area contributed by atoms with Gasteiger partial charge < -0.3 is 26.4 Å². The zero-order valence-electron chi connectivity index (χ0n) is 31.2. The molecule has 1 aromatic carbocycles. The molecule has 15 nitrogen and oxygen atoms in total. The lowest BCUT2D eigenvalue weighted by atomic mass is 10.1. The van der Waals surface area contributed by atoms with Crippen molar-refractivity contribution in [1.29, 1.82) is 0 Å². The predicted octanol–water partition coefficient (Wildman–Crippen LogP) is 5.21. The Kier molecular flexibility index (Phi) is 13.7. The molecule has 4 aromatic heterocycles. The molecule has 55 heavy (non-hydrogen) atoms. The quantitative estimate of drug-likeness (QED) is 0.0890. The fraction of sp³-hybridized carbons (Fsp3) is 0.250. The summed E-state index contributed by atoms with van der Waals surface area (Å²) in [6.45, 7) is 7.69. The number of carbonyl (C=O) groups excluding carboxylic acids is 4. The summed E-state index contributed by atoms with van der Waals surface area (Å²) in [5.41, 5.74) is 4.07. The van der Waals surface area contributed by atoms with Gasteiger partial charge in [0.25, 0.3) is 0 Å². The molecule has 0 spiro atoms. The normalized spacial score (nSPS) is 10.9. The molecule has 4 heterocycles. The molecule has 5 aromatic rings. The average molecular weight is 745 g/mol. The van der Waals surface area contributed by atoms with Gasteiger partial charge >= 0.3 is 0 Å². The molecule has 4 amide bonds. The maximum absolute atomic E-state index is 11.8. The van der Waals surface area contributed by atoms with Gasteiger partial charge in [0.15, 0.2) is 0 Å². The summed E-state index contributed by atoms with van der Waals surface area (Å²) in [5, 5.41) is 22.7. The van der Waals surface area contributed by atoms with E-state index in [-0.39, 0.29) is 29.4 Å². The minimum Gasteiger partial charge on any atom is -0.507 e. The number of hydrogen-bond acceptors (Lipinski definition) is 11. The van der Waals surface area contributed by atoms with Crippen LogP contribution in [0.25, 0.3) is 0 Å². The number of nitrogens with one attached hydrogen (secondary N) is 4. The number of pyridine rings is 4. The van der Waals surface area contributed by atoms with Crippen molar-refractivity contribution in [2.45, 2.75) is 67.0 Å². The van der Waals surface area contributed by atoms with Gasteiger partial charge in [-0.2, -0.15) is 0 Å². The number of carbonyl (C=O) groups is 4. The van der Waals surface area contributed by atoms with Gasteiger partial charge in [-0.05, 0) is 48.5 Å². The van der Waals surface area contributed by atoms with E-state index in [2.05, 4.69) is 51.0 Å². The third kappa shape index (κ3) is 12.8. The first-order valence-electron chi connectivity index (χ1n) is 17.6. The monoisotopic (exact) mass is 744 g/mol. The van der Waals surface area contributed by atoms with Crippen molar-refractivity contribution in [2.75, 3.05) is 21.3 Å². The molecule has 0 bridgehead atoms. The number of hydrogen-bond donors (Lipinski definition) is 5. The van der Waals surface area contributed by atoms with E-state index in [0.717, 1.165) is 0 Å². The summed E-state index contributed by atoms with van der Waals surface area (Å²) >= 11 is 0. The zero-order valence-corrected chi connectivity index (χ0v) is 31.2. The van der Waals surface area contributed by atoms with Crippen LogP contribution in [0.5, 0.6) is 5.75 Å². The molecule has 0 aliphatic rings. The number of aromatic nitrogens is 4. The van der Waals surface area contributed by atoms with E-state index in [1.165, 1.54) is 27.7 Å². The van der Waals surface area contributed by atoms with Crippen molar-refractivity contribution < 1.29 is 24.3 Å². The maximum atomic E-state index is 11.8. The van der Waals surface area contributed by atoms with Gasteiger partial charge in [-0.25, -0.2) is 19.9 Å². The van der Waals surface area contributed by atoms with Gasteiger partial charge in [0.2, 0.25) is 23.6 Å². The molecule has 0 saturated heterocycles.